The molecular weight excluding hydrogens is 272 g/mol. The van der Waals surface area contributed by atoms with Crippen LogP contribution >= 0.6 is 0 Å². The summed E-state index contributed by atoms with van der Waals surface area (Å²) in [6.45, 7) is 5.33. The molecule has 5 heteroatoms. The second kappa shape index (κ2) is 6.70. The van der Waals surface area contributed by atoms with Gasteiger partial charge in [-0.3, -0.25) is 4.90 Å². The lowest BCUT2D eigenvalue weighted by molar-refractivity contribution is 0.287. The molecule has 1 fully saturated rings. The van der Waals surface area contributed by atoms with Gasteiger partial charge in [-0.25, -0.2) is 8.42 Å². The van der Waals surface area contributed by atoms with Gasteiger partial charge in [-0.15, -0.1) is 0 Å². The molecule has 1 aromatic rings. The molecule has 0 bridgehead atoms. The van der Waals surface area contributed by atoms with Crippen molar-refractivity contribution in [2.45, 2.75) is 19.4 Å². The maximum Gasteiger partial charge on any atom is 0.152 e. The minimum absolute atomic E-state index is 0.296. The first kappa shape index (κ1) is 15.5. The standard InChI is InChI=1S/C15H24N2O2S/c1-13(11-16-2)15-5-3-14(4-6-15)12-17-7-9-20(18,19)10-8-17/h3-6,13,16H,7-12H2,1-2H3. The maximum atomic E-state index is 11.4. The molecule has 2 rings (SSSR count). The quantitative estimate of drug-likeness (QED) is 0.888. The van der Waals surface area contributed by atoms with Gasteiger partial charge in [-0.1, -0.05) is 31.2 Å². The van der Waals surface area contributed by atoms with E-state index in [4.69, 9.17) is 0 Å². The van der Waals surface area contributed by atoms with E-state index in [-0.39, 0.29) is 0 Å². The molecule has 1 saturated heterocycles. The average Bonchev–Trinajstić information content (AvgIpc) is 2.42. The van der Waals surface area contributed by atoms with Gasteiger partial charge in [-0.05, 0) is 24.1 Å². The lowest BCUT2D eigenvalue weighted by Gasteiger charge is -2.26. The van der Waals surface area contributed by atoms with Crippen LogP contribution in [0.25, 0.3) is 0 Å². The minimum atomic E-state index is -2.78. The Balaban J connectivity index is 1.91. The predicted octanol–water partition coefficient (Wildman–Crippen LogP) is 1.24. The van der Waals surface area contributed by atoms with E-state index in [1.54, 1.807) is 0 Å². The molecule has 0 saturated carbocycles. The number of likely N-dealkylation sites (N-methyl/N-ethyl adjacent to an activating group) is 1. The van der Waals surface area contributed by atoms with Gasteiger partial charge in [0.2, 0.25) is 0 Å². The highest BCUT2D eigenvalue weighted by molar-refractivity contribution is 7.91. The third-order valence-corrected chi connectivity index (χ3v) is 5.51. The van der Waals surface area contributed by atoms with Crippen molar-refractivity contribution in [3.05, 3.63) is 35.4 Å². The van der Waals surface area contributed by atoms with E-state index in [0.29, 0.717) is 30.5 Å². The molecule has 1 unspecified atom stereocenters. The van der Waals surface area contributed by atoms with Crippen LogP contribution in [0.4, 0.5) is 0 Å². The van der Waals surface area contributed by atoms with Gasteiger partial charge in [-0.2, -0.15) is 0 Å². The molecule has 0 aromatic heterocycles. The number of hydrogen-bond acceptors (Lipinski definition) is 4. The van der Waals surface area contributed by atoms with Gasteiger partial charge in [0, 0.05) is 26.2 Å². The Morgan fingerprint density at radius 3 is 2.35 bits per heavy atom. The molecular formula is C15H24N2O2S. The van der Waals surface area contributed by atoms with Crippen molar-refractivity contribution in [3.8, 4) is 0 Å². The SMILES string of the molecule is CNCC(C)c1ccc(CN2CCS(=O)(=O)CC2)cc1. The fourth-order valence-electron chi connectivity index (χ4n) is 2.54. The summed E-state index contributed by atoms with van der Waals surface area (Å²) in [5, 5.41) is 3.19. The van der Waals surface area contributed by atoms with Crippen LogP contribution in [0.3, 0.4) is 0 Å². The van der Waals surface area contributed by atoms with Crippen molar-refractivity contribution in [1.29, 1.82) is 0 Å². The highest BCUT2D eigenvalue weighted by atomic mass is 32.2. The molecule has 112 valence electrons. The Bertz CT molecular complexity index is 511. The van der Waals surface area contributed by atoms with Crippen LogP contribution in [0.1, 0.15) is 24.0 Å². The number of nitrogens with one attached hydrogen (secondary N) is 1. The molecule has 1 aromatic carbocycles. The van der Waals surface area contributed by atoms with Crippen LogP contribution < -0.4 is 5.32 Å². The van der Waals surface area contributed by atoms with Crippen molar-refractivity contribution in [1.82, 2.24) is 10.2 Å². The predicted molar refractivity (Wildman–Crippen MR) is 82.7 cm³/mol. The van der Waals surface area contributed by atoms with Gasteiger partial charge < -0.3 is 5.32 Å². The van der Waals surface area contributed by atoms with Crippen molar-refractivity contribution < 1.29 is 8.42 Å². The highest BCUT2D eigenvalue weighted by Gasteiger charge is 2.21. The van der Waals surface area contributed by atoms with Gasteiger partial charge >= 0.3 is 0 Å². The molecule has 4 nitrogen and oxygen atoms in total. The second-order valence-corrected chi connectivity index (χ2v) is 7.93. The monoisotopic (exact) mass is 296 g/mol. The summed E-state index contributed by atoms with van der Waals surface area (Å²) in [5.41, 5.74) is 2.59. The zero-order valence-electron chi connectivity index (χ0n) is 12.3. The summed E-state index contributed by atoms with van der Waals surface area (Å²) in [6.07, 6.45) is 0. The fourth-order valence-corrected chi connectivity index (χ4v) is 3.82. The van der Waals surface area contributed by atoms with Crippen LogP contribution in [-0.2, 0) is 16.4 Å². The summed E-state index contributed by atoms with van der Waals surface area (Å²) < 4.78 is 22.8. The third kappa shape index (κ3) is 4.30. The van der Waals surface area contributed by atoms with E-state index >= 15 is 0 Å². The van der Waals surface area contributed by atoms with Crippen LogP contribution in [0, 0.1) is 0 Å². The lowest BCUT2D eigenvalue weighted by atomic mass is 10.00. The molecule has 1 N–H and O–H groups in total. The van der Waals surface area contributed by atoms with E-state index in [1.807, 2.05) is 7.05 Å². The molecule has 20 heavy (non-hydrogen) atoms. The molecule has 0 aliphatic carbocycles. The average molecular weight is 296 g/mol. The number of nitrogens with zero attached hydrogens (tertiary/aromatic N) is 1. The Morgan fingerprint density at radius 1 is 1.20 bits per heavy atom. The topological polar surface area (TPSA) is 49.4 Å². The smallest absolute Gasteiger partial charge is 0.152 e. The number of hydrogen-bond donors (Lipinski definition) is 1. The van der Waals surface area contributed by atoms with Crippen LogP contribution in [0.2, 0.25) is 0 Å². The summed E-state index contributed by atoms with van der Waals surface area (Å²) in [5.74, 6) is 1.10. The van der Waals surface area contributed by atoms with E-state index in [0.717, 1.165) is 13.1 Å². The van der Waals surface area contributed by atoms with Crippen molar-refractivity contribution in [2.75, 3.05) is 38.2 Å². The molecule has 1 aliphatic rings. The fraction of sp³-hybridized carbons (Fsp3) is 0.600. The number of benzene rings is 1. The van der Waals surface area contributed by atoms with E-state index < -0.39 is 9.84 Å². The van der Waals surface area contributed by atoms with Crippen molar-refractivity contribution in [3.63, 3.8) is 0 Å². The second-order valence-electron chi connectivity index (χ2n) is 5.63. The summed E-state index contributed by atoms with van der Waals surface area (Å²) in [7, 11) is -0.813. The van der Waals surface area contributed by atoms with E-state index in [2.05, 4.69) is 41.4 Å². The van der Waals surface area contributed by atoms with Crippen molar-refractivity contribution in [2.24, 2.45) is 0 Å². The highest BCUT2D eigenvalue weighted by Crippen LogP contribution is 2.16. The maximum absolute atomic E-state index is 11.4. The summed E-state index contributed by atoms with van der Waals surface area (Å²) in [6, 6.07) is 8.67. The van der Waals surface area contributed by atoms with Crippen LogP contribution in [0.15, 0.2) is 24.3 Å². The molecule has 0 amide bonds. The van der Waals surface area contributed by atoms with E-state index in [1.165, 1.54) is 11.1 Å². The first-order chi connectivity index (χ1) is 9.50. The van der Waals surface area contributed by atoms with Crippen LogP contribution in [-0.4, -0.2) is 51.5 Å². The van der Waals surface area contributed by atoms with Gasteiger partial charge in [0.15, 0.2) is 9.84 Å². The summed E-state index contributed by atoms with van der Waals surface area (Å²) >= 11 is 0. The molecule has 1 aliphatic heterocycles. The Hall–Kier alpha value is -0.910. The molecule has 0 radical (unpaired) electrons. The number of rotatable bonds is 5. The molecule has 1 heterocycles. The Kier molecular flexibility index (Phi) is 5.18. The summed E-state index contributed by atoms with van der Waals surface area (Å²) in [4.78, 5) is 2.22. The van der Waals surface area contributed by atoms with Gasteiger partial charge in [0.05, 0.1) is 11.5 Å². The Morgan fingerprint density at radius 2 is 1.80 bits per heavy atom. The number of sulfone groups is 1. The zero-order valence-corrected chi connectivity index (χ0v) is 13.1. The van der Waals surface area contributed by atoms with Gasteiger partial charge in [0.1, 0.15) is 0 Å². The Labute approximate surface area is 122 Å². The largest absolute Gasteiger partial charge is 0.319 e. The third-order valence-electron chi connectivity index (χ3n) is 3.90. The lowest BCUT2D eigenvalue weighted by Crippen LogP contribution is -2.39. The van der Waals surface area contributed by atoms with Gasteiger partial charge in [0.25, 0.3) is 0 Å². The van der Waals surface area contributed by atoms with Crippen molar-refractivity contribution >= 4 is 9.84 Å². The minimum Gasteiger partial charge on any atom is -0.319 e. The molecule has 0 spiro atoms. The molecule has 1 atom stereocenters. The normalized spacial score (nSPS) is 20.7. The first-order valence-electron chi connectivity index (χ1n) is 7.16. The zero-order chi connectivity index (χ0) is 14.6. The van der Waals surface area contributed by atoms with Crippen LogP contribution in [0.5, 0.6) is 0 Å². The first-order valence-corrected chi connectivity index (χ1v) is 8.98. The van der Waals surface area contributed by atoms with E-state index in [9.17, 15) is 8.42 Å².